The Bertz CT molecular complexity index is 842. The molecular formula is C18H17ClN2O2. The standard InChI is InChI=1S/C18H17ClN2O2/c1-23-17-7-6-13(11-15(17)19)21-18(22)8-5-12-3-2-4-16-14(12)9-10-20-16/h2-4,6-7,9-11,20H,5,8H2,1H3,(H,21,22). The number of rotatable bonds is 5. The van der Waals surface area contributed by atoms with E-state index < -0.39 is 0 Å². The summed E-state index contributed by atoms with van der Waals surface area (Å²) in [6.07, 6.45) is 3.01. The van der Waals surface area contributed by atoms with Crippen LogP contribution in [0.3, 0.4) is 0 Å². The number of halogens is 1. The molecule has 2 aromatic carbocycles. The number of aromatic amines is 1. The molecule has 0 fully saturated rings. The highest BCUT2D eigenvalue weighted by Crippen LogP contribution is 2.27. The lowest BCUT2D eigenvalue weighted by molar-refractivity contribution is -0.116. The molecule has 118 valence electrons. The van der Waals surface area contributed by atoms with E-state index in [4.69, 9.17) is 16.3 Å². The first-order chi connectivity index (χ1) is 11.2. The molecule has 0 radical (unpaired) electrons. The minimum Gasteiger partial charge on any atom is -0.495 e. The first kappa shape index (κ1) is 15.4. The number of aryl methyl sites for hydroxylation is 1. The number of hydrogen-bond acceptors (Lipinski definition) is 2. The van der Waals surface area contributed by atoms with Crippen LogP contribution in [0, 0.1) is 0 Å². The Morgan fingerprint density at radius 1 is 1.26 bits per heavy atom. The molecule has 1 amide bonds. The first-order valence-corrected chi connectivity index (χ1v) is 7.73. The van der Waals surface area contributed by atoms with E-state index in [9.17, 15) is 4.79 Å². The highest BCUT2D eigenvalue weighted by Gasteiger charge is 2.08. The van der Waals surface area contributed by atoms with Crippen LogP contribution in [-0.2, 0) is 11.2 Å². The van der Waals surface area contributed by atoms with Crippen molar-refractivity contribution in [3.63, 3.8) is 0 Å². The number of anilines is 1. The summed E-state index contributed by atoms with van der Waals surface area (Å²) in [6, 6.07) is 13.3. The summed E-state index contributed by atoms with van der Waals surface area (Å²) < 4.78 is 5.10. The van der Waals surface area contributed by atoms with Gasteiger partial charge in [0, 0.05) is 29.2 Å². The summed E-state index contributed by atoms with van der Waals surface area (Å²) in [5.41, 5.74) is 2.91. The third-order valence-corrected chi connectivity index (χ3v) is 4.04. The molecule has 0 aliphatic rings. The number of benzene rings is 2. The molecule has 0 spiro atoms. The van der Waals surface area contributed by atoms with Crippen LogP contribution in [0.4, 0.5) is 5.69 Å². The predicted octanol–water partition coefficient (Wildman–Crippen LogP) is 4.40. The number of hydrogen-bond donors (Lipinski definition) is 2. The fourth-order valence-electron chi connectivity index (χ4n) is 2.58. The number of aromatic nitrogens is 1. The van der Waals surface area contributed by atoms with Crippen LogP contribution < -0.4 is 10.1 Å². The van der Waals surface area contributed by atoms with Gasteiger partial charge < -0.3 is 15.0 Å². The Labute approximate surface area is 139 Å². The molecule has 3 aromatic rings. The average Bonchev–Trinajstić information content (AvgIpc) is 3.02. The number of H-pyrrole nitrogens is 1. The first-order valence-electron chi connectivity index (χ1n) is 7.36. The van der Waals surface area contributed by atoms with Crippen LogP contribution in [0.1, 0.15) is 12.0 Å². The van der Waals surface area contributed by atoms with Gasteiger partial charge in [0.05, 0.1) is 12.1 Å². The largest absolute Gasteiger partial charge is 0.495 e. The van der Waals surface area contributed by atoms with Gasteiger partial charge in [0.1, 0.15) is 5.75 Å². The van der Waals surface area contributed by atoms with Crippen molar-refractivity contribution in [3.8, 4) is 5.75 Å². The molecule has 1 heterocycles. The van der Waals surface area contributed by atoms with Gasteiger partial charge in [-0.2, -0.15) is 0 Å². The highest BCUT2D eigenvalue weighted by molar-refractivity contribution is 6.32. The Morgan fingerprint density at radius 3 is 2.91 bits per heavy atom. The van der Waals surface area contributed by atoms with E-state index in [0.717, 1.165) is 16.5 Å². The normalized spacial score (nSPS) is 10.7. The van der Waals surface area contributed by atoms with Crippen molar-refractivity contribution in [2.24, 2.45) is 0 Å². The molecule has 0 saturated carbocycles. The van der Waals surface area contributed by atoms with Crippen molar-refractivity contribution >= 4 is 34.1 Å². The van der Waals surface area contributed by atoms with Gasteiger partial charge in [-0.05, 0) is 42.3 Å². The summed E-state index contributed by atoms with van der Waals surface area (Å²) in [5, 5.41) is 4.49. The number of nitrogens with one attached hydrogen (secondary N) is 2. The van der Waals surface area contributed by atoms with Gasteiger partial charge in [-0.1, -0.05) is 23.7 Å². The number of amides is 1. The van der Waals surface area contributed by atoms with Crippen LogP contribution in [-0.4, -0.2) is 18.0 Å². The van der Waals surface area contributed by atoms with Gasteiger partial charge in [0.25, 0.3) is 0 Å². The maximum Gasteiger partial charge on any atom is 0.224 e. The fourth-order valence-corrected chi connectivity index (χ4v) is 2.84. The Kier molecular flexibility index (Phi) is 4.53. The maximum atomic E-state index is 12.1. The number of methoxy groups -OCH3 is 1. The van der Waals surface area contributed by atoms with Gasteiger partial charge in [-0.25, -0.2) is 0 Å². The molecule has 0 saturated heterocycles. The number of carbonyl (C=O) groups excluding carboxylic acids is 1. The smallest absolute Gasteiger partial charge is 0.224 e. The topological polar surface area (TPSA) is 54.1 Å². The van der Waals surface area contributed by atoms with E-state index in [1.807, 2.05) is 30.5 Å². The minimum atomic E-state index is -0.0428. The van der Waals surface area contributed by atoms with E-state index >= 15 is 0 Å². The lowest BCUT2D eigenvalue weighted by Gasteiger charge is -2.08. The summed E-state index contributed by atoms with van der Waals surface area (Å²) >= 11 is 6.06. The second-order valence-electron chi connectivity index (χ2n) is 5.25. The van der Waals surface area contributed by atoms with Gasteiger partial charge in [0.15, 0.2) is 0 Å². The number of carbonyl (C=O) groups is 1. The van der Waals surface area contributed by atoms with Crippen LogP contribution >= 0.6 is 11.6 Å². The van der Waals surface area contributed by atoms with Crippen LogP contribution in [0.2, 0.25) is 5.02 Å². The summed E-state index contributed by atoms with van der Waals surface area (Å²) in [7, 11) is 1.56. The zero-order chi connectivity index (χ0) is 16.2. The second-order valence-corrected chi connectivity index (χ2v) is 5.66. The van der Waals surface area contributed by atoms with Gasteiger partial charge in [0.2, 0.25) is 5.91 Å². The summed E-state index contributed by atoms with van der Waals surface area (Å²) in [6.45, 7) is 0. The monoisotopic (exact) mass is 328 g/mol. The van der Waals surface area contributed by atoms with Crippen LogP contribution in [0.25, 0.3) is 10.9 Å². The quantitative estimate of drug-likeness (QED) is 0.729. The Hall–Kier alpha value is -2.46. The van der Waals surface area contributed by atoms with Crippen molar-refractivity contribution in [2.75, 3.05) is 12.4 Å². The molecule has 2 N–H and O–H groups in total. The third-order valence-electron chi connectivity index (χ3n) is 3.74. The van der Waals surface area contributed by atoms with Crippen LogP contribution in [0.15, 0.2) is 48.7 Å². The molecule has 4 nitrogen and oxygen atoms in total. The van der Waals surface area contributed by atoms with Gasteiger partial charge in [-0.3, -0.25) is 4.79 Å². The van der Waals surface area contributed by atoms with E-state index in [-0.39, 0.29) is 5.91 Å². The molecule has 0 aliphatic carbocycles. The van der Waals surface area contributed by atoms with Crippen molar-refractivity contribution in [1.82, 2.24) is 4.98 Å². The predicted molar refractivity (Wildman–Crippen MR) is 93.3 cm³/mol. The van der Waals surface area contributed by atoms with Gasteiger partial charge in [-0.15, -0.1) is 0 Å². The molecule has 0 unspecified atom stereocenters. The number of fused-ring (bicyclic) bond motifs is 1. The zero-order valence-electron chi connectivity index (χ0n) is 12.7. The van der Waals surface area contributed by atoms with Crippen molar-refractivity contribution in [2.45, 2.75) is 12.8 Å². The third kappa shape index (κ3) is 3.48. The second kappa shape index (κ2) is 6.75. The molecule has 5 heteroatoms. The molecule has 1 aromatic heterocycles. The maximum absolute atomic E-state index is 12.1. The molecule has 3 rings (SSSR count). The summed E-state index contributed by atoms with van der Waals surface area (Å²) in [4.78, 5) is 15.3. The zero-order valence-corrected chi connectivity index (χ0v) is 13.5. The Morgan fingerprint density at radius 2 is 2.13 bits per heavy atom. The molecule has 0 atom stereocenters. The fraction of sp³-hybridized carbons (Fsp3) is 0.167. The van der Waals surface area contributed by atoms with Gasteiger partial charge >= 0.3 is 0 Å². The lowest BCUT2D eigenvalue weighted by atomic mass is 10.1. The van der Waals surface area contributed by atoms with E-state index in [0.29, 0.717) is 29.3 Å². The van der Waals surface area contributed by atoms with Crippen molar-refractivity contribution in [3.05, 3.63) is 59.2 Å². The summed E-state index contributed by atoms with van der Waals surface area (Å²) in [5.74, 6) is 0.544. The van der Waals surface area contributed by atoms with E-state index in [1.54, 1.807) is 25.3 Å². The van der Waals surface area contributed by atoms with Crippen molar-refractivity contribution < 1.29 is 9.53 Å². The Balaban J connectivity index is 1.63. The average molecular weight is 329 g/mol. The van der Waals surface area contributed by atoms with E-state index in [1.165, 1.54) is 0 Å². The van der Waals surface area contributed by atoms with Crippen LogP contribution in [0.5, 0.6) is 5.75 Å². The highest BCUT2D eigenvalue weighted by atomic mass is 35.5. The number of ether oxygens (including phenoxy) is 1. The molecule has 0 bridgehead atoms. The molecule has 23 heavy (non-hydrogen) atoms. The SMILES string of the molecule is COc1ccc(NC(=O)CCc2cccc3[nH]ccc23)cc1Cl. The van der Waals surface area contributed by atoms with Crippen molar-refractivity contribution in [1.29, 1.82) is 0 Å². The minimum absolute atomic E-state index is 0.0428. The lowest BCUT2D eigenvalue weighted by Crippen LogP contribution is -2.12. The molecular weight excluding hydrogens is 312 g/mol. The van der Waals surface area contributed by atoms with E-state index in [2.05, 4.69) is 10.3 Å². The molecule has 0 aliphatic heterocycles.